The molecule has 1 aromatic carbocycles. The summed E-state index contributed by atoms with van der Waals surface area (Å²) in [7, 11) is 0. The highest BCUT2D eigenvalue weighted by atomic mass is 16.5. The molecule has 0 bridgehead atoms. The van der Waals surface area contributed by atoms with Crippen molar-refractivity contribution in [2.75, 3.05) is 25.6 Å². The highest BCUT2D eigenvalue weighted by Gasteiger charge is 2.03. The van der Waals surface area contributed by atoms with Crippen molar-refractivity contribution in [2.45, 2.75) is 26.7 Å². The Hall–Kier alpha value is -1.48. The van der Waals surface area contributed by atoms with Crippen LogP contribution in [-0.2, 0) is 11.2 Å². The molecule has 106 valence electrons. The van der Waals surface area contributed by atoms with Crippen LogP contribution in [0.5, 0.6) is 5.75 Å². The van der Waals surface area contributed by atoms with Crippen molar-refractivity contribution in [1.82, 2.24) is 0 Å². The average Bonchev–Trinajstić information content (AvgIpc) is 2.36. The van der Waals surface area contributed by atoms with Crippen LogP contribution in [0.1, 0.15) is 25.8 Å². The number of rotatable bonds is 9. The predicted octanol–water partition coefficient (Wildman–Crippen LogP) is 3.44. The molecular formula is C16H25NO2. The lowest BCUT2D eigenvalue weighted by atomic mass is 10.1. The van der Waals surface area contributed by atoms with E-state index in [4.69, 9.17) is 15.2 Å². The van der Waals surface area contributed by atoms with Gasteiger partial charge in [0.1, 0.15) is 12.4 Å². The summed E-state index contributed by atoms with van der Waals surface area (Å²) >= 11 is 0. The van der Waals surface area contributed by atoms with Gasteiger partial charge in [-0.25, -0.2) is 0 Å². The van der Waals surface area contributed by atoms with Gasteiger partial charge in [-0.05, 0) is 42.5 Å². The van der Waals surface area contributed by atoms with E-state index in [1.165, 1.54) is 0 Å². The Balaban J connectivity index is 2.34. The van der Waals surface area contributed by atoms with Crippen LogP contribution in [0.4, 0.5) is 5.69 Å². The third-order valence-electron chi connectivity index (χ3n) is 2.77. The summed E-state index contributed by atoms with van der Waals surface area (Å²) < 4.78 is 11.2. The molecule has 0 saturated carbocycles. The van der Waals surface area contributed by atoms with Gasteiger partial charge in [-0.1, -0.05) is 19.9 Å². The van der Waals surface area contributed by atoms with E-state index in [1.807, 2.05) is 24.3 Å². The molecule has 1 rings (SSSR count). The Morgan fingerprint density at radius 2 is 2.05 bits per heavy atom. The van der Waals surface area contributed by atoms with Crippen molar-refractivity contribution in [3.05, 3.63) is 36.4 Å². The van der Waals surface area contributed by atoms with Gasteiger partial charge < -0.3 is 15.2 Å². The minimum Gasteiger partial charge on any atom is -0.491 e. The monoisotopic (exact) mass is 263 g/mol. The van der Waals surface area contributed by atoms with Crippen molar-refractivity contribution in [2.24, 2.45) is 5.92 Å². The SMILES string of the molecule is C=CCc1cc(N)ccc1OCCOCCC(C)C. The average molecular weight is 263 g/mol. The first kappa shape index (κ1) is 15.6. The molecule has 0 aliphatic heterocycles. The first-order valence-electron chi connectivity index (χ1n) is 6.83. The van der Waals surface area contributed by atoms with Gasteiger partial charge in [0.2, 0.25) is 0 Å². The van der Waals surface area contributed by atoms with Crippen LogP contribution in [0, 0.1) is 5.92 Å². The maximum atomic E-state index is 5.77. The number of nitrogen functional groups attached to an aromatic ring is 1. The molecule has 0 amide bonds. The lowest BCUT2D eigenvalue weighted by Crippen LogP contribution is -2.09. The van der Waals surface area contributed by atoms with Crippen LogP contribution in [-0.4, -0.2) is 19.8 Å². The van der Waals surface area contributed by atoms with E-state index in [9.17, 15) is 0 Å². The van der Waals surface area contributed by atoms with Crippen molar-refractivity contribution >= 4 is 5.69 Å². The molecule has 1 aromatic rings. The second-order valence-electron chi connectivity index (χ2n) is 5.00. The van der Waals surface area contributed by atoms with Gasteiger partial charge in [-0.15, -0.1) is 6.58 Å². The summed E-state index contributed by atoms with van der Waals surface area (Å²) in [6.07, 6.45) is 3.69. The van der Waals surface area contributed by atoms with Crippen molar-refractivity contribution in [3.8, 4) is 5.75 Å². The summed E-state index contributed by atoms with van der Waals surface area (Å²) in [4.78, 5) is 0. The van der Waals surface area contributed by atoms with E-state index in [0.717, 1.165) is 36.4 Å². The van der Waals surface area contributed by atoms with Crippen LogP contribution in [0.2, 0.25) is 0 Å². The summed E-state index contributed by atoms with van der Waals surface area (Å²) in [5.74, 6) is 1.54. The Morgan fingerprint density at radius 1 is 1.26 bits per heavy atom. The van der Waals surface area contributed by atoms with Crippen LogP contribution in [0.3, 0.4) is 0 Å². The summed E-state index contributed by atoms with van der Waals surface area (Å²) in [5.41, 5.74) is 7.58. The number of benzene rings is 1. The topological polar surface area (TPSA) is 44.5 Å². The number of nitrogens with two attached hydrogens (primary N) is 1. The molecule has 0 atom stereocenters. The minimum atomic E-state index is 0.562. The molecule has 0 spiro atoms. The van der Waals surface area contributed by atoms with E-state index >= 15 is 0 Å². The van der Waals surface area contributed by atoms with Gasteiger partial charge in [0, 0.05) is 12.3 Å². The lowest BCUT2D eigenvalue weighted by molar-refractivity contribution is 0.0923. The van der Waals surface area contributed by atoms with Gasteiger partial charge in [0.25, 0.3) is 0 Å². The van der Waals surface area contributed by atoms with Gasteiger partial charge in [0.15, 0.2) is 0 Å². The zero-order valence-electron chi connectivity index (χ0n) is 12.0. The van der Waals surface area contributed by atoms with E-state index in [0.29, 0.717) is 19.1 Å². The third-order valence-corrected chi connectivity index (χ3v) is 2.77. The molecule has 0 radical (unpaired) electrons. The maximum Gasteiger partial charge on any atom is 0.123 e. The first-order chi connectivity index (χ1) is 9.13. The highest BCUT2D eigenvalue weighted by Crippen LogP contribution is 2.22. The zero-order chi connectivity index (χ0) is 14.1. The maximum absolute atomic E-state index is 5.77. The second-order valence-corrected chi connectivity index (χ2v) is 5.00. The van der Waals surface area contributed by atoms with Gasteiger partial charge in [0.05, 0.1) is 6.61 Å². The third kappa shape index (κ3) is 6.30. The molecule has 0 fully saturated rings. The Labute approximate surface area is 116 Å². The van der Waals surface area contributed by atoms with E-state index in [2.05, 4.69) is 20.4 Å². The van der Waals surface area contributed by atoms with Gasteiger partial charge >= 0.3 is 0 Å². The standard InChI is InChI=1S/C16H25NO2/c1-4-5-14-12-15(17)6-7-16(14)19-11-10-18-9-8-13(2)3/h4,6-7,12-13H,1,5,8-11,17H2,2-3H3. The Bertz CT molecular complexity index is 388. The quantitative estimate of drug-likeness (QED) is 0.422. The molecular weight excluding hydrogens is 238 g/mol. The first-order valence-corrected chi connectivity index (χ1v) is 6.83. The molecule has 2 N–H and O–H groups in total. The van der Waals surface area contributed by atoms with Gasteiger partial charge in [-0.2, -0.15) is 0 Å². The largest absolute Gasteiger partial charge is 0.491 e. The fourth-order valence-corrected chi connectivity index (χ4v) is 1.69. The fraction of sp³-hybridized carbons (Fsp3) is 0.500. The number of ether oxygens (including phenoxy) is 2. The normalized spacial score (nSPS) is 10.7. The number of hydrogen-bond acceptors (Lipinski definition) is 3. The molecule has 0 aromatic heterocycles. The van der Waals surface area contributed by atoms with E-state index < -0.39 is 0 Å². The molecule has 19 heavy (non-hydrogen) atoms. The Morgan fingerprint density at radius 3 is 2.74 bits per heavy atom. The molecule has 0 saturated heterocycles. The van der Waals surface area contributed by atoms with Crippen LogP contribution < -0.4 is 10.5 Å². The van der Waals surface area contributed by atoms with Gasteiger partial charge in [-0.3, -0.25) is 0 Å². The number of allylic oxidation sites excluding steroid dienone is 1. The molecule has 0 unspecified atom stereocenters. The van der Waals surface area contributed by atoms with Crippen molar-refractivity contribution < 1.29 is 9.47 Å². The highest BCUT2D eigenvalue weighted by molar-refractivity contribution is 5.48. The predicted molar refractivity (Wildman–Crippen MR) is 80.5 cm³/mol. The van der Waals surface area contributed by atoms with Crippen LogP contribution in [0.15, 0.2) is 30.9 Å². The molecule has 0 aliphatic carbocycles. The summed E-state index contributed by atoms with van der Waals surface area (Å²) in [6.45, 7) is 10.1. The van der Waals surface area contributed by atoms with Crippen LogP contribution in [0.25, 0.3) is 0 Å². The van der Waals surface area contributed by atoms with E-state index in [-0.39, 0.29) is 0 Å². The van der Waals surface area contributed by atoms with Crippen molar-refractivity contribution in [3.63, 3.8) is 0 Å². The molecule has 3 nitrogen and oxygen atoms in total. The molecule has 0 heterocycles. The zero-order valence-corrected chi connectivity index (χ0v) is 12.0. The lowest BCUT2D eigenvalue weighted by Gasteiger charge is -2.12. The number of hydrogen-bond donors (Lipinski definition) is 1. The van der Waals surface area contributed by atoms with Crippen LogP contribution >= 0.6 is 0 Å². The smallest absolute Gasteiger partial charge is 0.123 e. The minimum absolute atomic E-state index is 0.562. The number of anilines is 1. The van der Waals surface area contributed by atoms with Crippen molar-refractivity contribution in [1.29, 1.82) is 0 Å². The summed E-state index contributed by atoms with van der Waals surface area (Å²) in [5, 5.41) is 0. The summed E-state index contributed by atoms with van der Waals surface area (Å²) in [6, 6.07) is 5.68. The molecule has 3 heteroatoms. The second kappa shape index (κ2) is 8.59. The molecule has 0 aliphatic rings. The Kier molecular flexibility index (Phi) is 7.04. The fourth-order valence-electron chi connectivity index (χ4n) is 1.69. The van der Waals surface area contributed by atoms with E-state index in [1.54, 1.807) is 0 Å².